The average molecular weight is 304 g/mol. The number of anilines is 1. The van der Waals surface area contributed by atoms with E-state index in [1.165, 1.54) is 12.8 Å². The molecule has 1 aromatic rings. The van der Waals surface area contributed by atoms with Crippen LogP contribution in [0.4, 0.5) is 5.69 Å². The van der Waals surface area contributed by atoms with Crippen LogP contribution in [0.15, 0.2) is 24.3 Å². The number of carbonyl (C=O) groups is 2. The lowest BCUT2D eigenvalue weighted by atomic mass is 10.1. The van der Waals surface area contributed by atoms with E-state index in [0.29, 0.717) is 12.0 Å². The van der Waals surface area contributed by atoms with Gasteiger partial charge in [0.2, 0.25) is 5.91 Å². The smallest absolute Gasteiger partial charge is 0.251 e. The minimum absolute atomic E-state index is 0.0306. The van der Waals surface area contributed by atoms with Crippen molar-refractivity contribution < 1.29 is 9.59 Å². The van der Waals surface area contributed by atoms with Crippen molar-refractivity contribution in [1.82, 2.24) is 5.32 Å². The Morgan fingerprint density at radius 2 is 1.64 bits per heavy atom. The maximum atomic E-state index is 12.0. The van der Waals surface area contributed by atoms with Gasteiger partial charge < -0.3 is 10.6 Å². The van der Waals surface area contributed by atoms with Gasteiger partial charge in [-0.1, -0.05) is 26.2 Å². The van der Waals surface area contributed by atoms with Crippen LogP contribution in [0.1, 0.15) is 70.2 Å². The van der Waals surface area contributed by atoms with Crippen LogP contribution in [0, 0.1) is 0 Å². The molecule has 122 valence electrons. The monoisotopic (exact) mass is 304 g/mol. The molecular formula is C18H28N2O2. The summed E-state index contributed by atoms with van der Waals surface area (Å²) in [6, 6.07) is 6.99. The predicted octanol–water partition coefficient (Wildman–Crippen LogP) is 4.12. The molecule has 0 aromatic heterocycles. The van der Waals surface area contributed by atoms with Gasteiger partial charge in [0.1, 0.15) is 0 Å². The number of amides is 2. The van der Waals surface area contributed by atoms with Crippen LogP contribution in [0.3, 0.4) is 0 Å². The molecule has 1 rings (SSSR count). The fourth-order valence-electron chi connectivity index (χ4n) is 2.05. The molecule has 1 aromatic carbocycles. The minimum Gasteiger partial charge on any atom is -0.347 e. The first-order valence-electron chi connectivity index (χ1n) is 8.04. The highest BCUT2D eigenvalue weighted by atomic mass is 16.2. The van der Waals surface area contributed by atoms with Crippen LogP contribution in [-0.2, 0) is 4.79 Å². The van der Waals surface area contributed by atoms with Crippen LogP contribution < -0.4 is 10.6 Å². The number of unbranched alkanes of at least 4 members (excludes halogenated alkanes) is 3. The first-order chi connectivity index (χ1) is 10.3. The topological polar surface area (TPSA) is 58.2 Å². The highest BCUT2D eigenvalue weighted by Crippen LogP contribution is 2.12. The molecule has 0 bridgehead atoms. The van der Waals surface area contributed by atoms with Crippen molar-refractivity contribution >= 4 is 17.5 Å². The van der Waals surface area contributed by atoms with E-state index < -0.39 is 0 Å². The second-order valence-corrected chi connectivity index (χ2v) is 6.64. The van der Waals surface area contributed by atoms with Crippen LogP contribution in [-0.4, -0.2) is 17.4 Å². The van der Waals surface area contributed by atoms with Crippen LogP contribution in [0.25, 0.3) is 0 Å². The van der Waals surface area contributed by atoms with E-state index in [-0.39, 0.29) is 17.4 Å². The zero-order valence-electron chi connectivity index (χ0n) is 14.2. The van der Waals surface area contributed by atoms with Crippen molar-refractivity contribution in [3.05, 3.63) is 29.8 Å². The van der Waals surface area contributed by atoms with E-state index in [9.17, 15) is 9.59 Å². The normalized spacial score (nSPS) is 11.1. The Kier molecular flexibility index (Phi) is 7.09. The van der Waals surface area contributed by atoms with Gasteiger partial charge in [0.25, 0.3) is 5.91 Å². The van der Waals surface area contributed by atoms with Gasteiger partial charge in [-0.3, -0.25) is 9.59 Å². The molecule has 0 aliphatic heterocycles. The molecule has 0 heterocycles. The Hall–Kier alpha value is -1.84. The predicted molar refractivity (Wildman–Crippen MR) is 91.0 cm³/mol. The summed E-state index contributed by atoms with van der Waals surface area (Å²) < 4.78 is 0. The Morgan fingerprint density at radius 3 is 2.18 bits per heavy atom. The van der Waals surface area contributed by atoms with Crippen LogP contribution >= 0.6 is 0 Å². The molecule has 4 heteroatoms. The summed E-state index contributed by atoms with van der Waals surface area (Å²) in [7, 11) is 0. The SMILES string of the molecule is CCCCCCC(=O)Nc1ccc(C(=O)NC(C)(C)C)cc1. The van der Waals surface area contributed by atoms with E-state index in [1.54, 1.807) is 24.3 Å². The number of rotatable bonds is 7. The second-order valence-electron chi connectivity index (χ2n) is 6.64. The molecule has 0 saturated carbocycles. The zero-order valence-corrected chi connectivity index (χ0v) is 14.2. The van der Waals surface area contributed by atoms with Gasteiger partial charge in [0, 0.05) is 23.2 Å². The Bertz CT molecular complexity index is 487. The first kappa shape index (κ1) is 18.2. The lowest BCUT2D eigenvalue weighted by molar-refractivity contribution is -0.116. The molecule has 2 amide bonds. The van der Waals surface area contributed by atoms with Crippen molar-refractivity contribution in [1.29, 1.82) is 0 Å². The summed E-state index contributed by atoms with van der Waals surface area (Å²) in [5, 5.41) is 5.77. The van der Waals surface area contributed by atoms with Crippen molar-refractivity contribution in [2.24, 2.45) is 0 Å². The largest absolute Gasteiger partial charge is 0.347 e. The maximum absolute atomic E-state index is 12.0. The van der Waals surface area contributed by atoms with Gasteiger partial charge in [0.15, 0.2) is 0 Å². The Balaban J connectivity index is 2.47. The highest BCUT2D eigenvalue weighted by Gasteiger charge is 2.15. The van der Waals surface area contributed by atoms with E-state index in [1.807, 2.05) is 20.8 Å². The molecule has 0 fully saturated rings. The van der Waals surface area contributed by atoms with Crippen molar-refractivity contribution in [2.75, 3.05) is 5.32 Å². The zero-order chi connectivity index (χ0) is 16.6. The molecule has 0 saturated heterocycles. The number of carbonyl (C=O) groups excluding carboxylic acids is 2. The summed E-state index contributed by atoms with van der Waals surface area (Å²) in [6.07, 6.45) is 4.90. The summed E-state index contributed by atoms with van der Waals surface area (Å²) in [6.45, 7) is 7.98. The molecule has 4 nitrogen and oxygen atoms in total. The van der Waals surface area contributed by atoms with Crippen molar-refractivity contribution in [3.8, 4) is 0 Å². The number of benzene rings is 1. The van der Waals surface area contributed by atoms with Crippen LogP contribution in [0.5, 0.6) is 0 Å². The summed E-state index contributed by atoms with van der Waals surface area (Å²) in [5.41, 5.74) is 1.06. The van der Waals surface area contributed by atoms with E-state index in [2.05, 4.69) is 17.6 Å². The Morgan fingerprint density at radius 1 is 1.00 bits per heavy atom. The Labute approximate surface area is 133 Å². The average Bonchev–Trinajstić information content (AvgIpc) is 2.42. The van der Waals surface area contributed by atoms with Gasteiger partial charge in [-0.2, -0.15) is 0 Å². The fraction of sp³-hybridized carbons (Fsp3) is 0.556. The summed E-state index contributed by atoms with van der Waals surface area (Å²) in [4.78, 5) is 23.8. The third kappa shape index (κ3) is 7.25. The fourth-order valence-corrected chi connectivity index (χ4v) is 2.05. The first-order valence-corrected chi connectivity index (χ1v) is 8.04. The quantitative estimate of drug-likeness (QED) is 0.744. The van der Waals surface area contributed by atoms with Gasteiger partial charge in [0.05, 0.1) is 0 Å². The summed E-state index contributed by atoms with van der Waals surface area (Å²) >= 11 is 0. The van der Waals surface area contributed by atoms with Gasteiger partial charge in [-0.05, 0) is 51.5 Å². The molecule has 22 heavy (non-hydrogen) atoms. The standard InChI is InChI=1S/C18H28N2O2/c1-5-6-7-8-9-16(21)19-15-12-10-14(11-13-15)17(22)20-18(2,3)4/h10-13H,5-9H2,1-4H3,(H,19,21)(H,20,22). The van der Waals surface area contributed by atoms with Gasteiger partial charge in [-0.15, -0.1) is 0 Å². The summed E-state index contributed by atoms with van der Waals surface area (Å²) in [5.74, 6) is -0.0760. The highest BCUT2D eigenvalue weighted by molar-refractivity contribution is 5.96. The number of hydrogen-bond acceptors (Lipinski definition) is 2. The third-order valence-corrected chi connectivity index (χ3v) is 3.18. The lowest BCUT2D eigenvalue weighted by Gasteiger charge is -2.20. The van der Waals surface area contributed by atoms with Crippen LogP contribution in [0.2, 0.25) is 0 Å². The molecule has 0 radical (unpaired) electrons. The van der Waals surface area contributed by atoms with Crippen molar-refractivity contribution in [2.45, 2.75) is 65.3 Å². The second kappa shape index (κ2) is 8.57. The van der Waals surface area contributed by atoms with Crippen molar-refractivity contribution in [3.63, 3.8) is 0 Å². The third-order valence-electron chi connectivity index (χ3n) is 3.18. The molecule has 0 aliphatic rings. The van der Waals surface area contributed by atoms with E-state index in [0.717, 1.165) is 18.5 Å². The maximum Gasteiger partial charge on any atom is 0.251 e. The lowest BCUT2D eigenvalue weighted by Crippen LogP contribution is -2.40. The van der Waals surface area contributed by atoms with Gasteiger partial charge >= 0.3 is 0 Å². The molecule has 0 atom stereocenters. The van der Waals surface area contributed by atoms with E-state index >= 15 is 0 Å². The molecule has 0 unspecified atom stereocenters. The molecule has 2 N–H and O–H groups in total. The number of nitrogens with one attached hydrogen (secondary N) is 2. The number of hydrogen-bond donors (Lipinski definition) is 2. The molecule has 0 spiro atoms. The van der Waals surface area contributed by atoms with Gasteiger partial charge in [-0.25, -0.2) is 0 Å². The molecule has 0 aliphatic carbocycles. The molecular weight excluding hydrogens is 276 g/mol. The van der Waals surface area contributed by atoms with E-state index in [4.69, 9.17) is 0 Å². The minimum atomic E-state index is -0.261.